The van der Waals surface area contributed by atoms with Gasteiger partial charge >= 0.3 is 0 Å². The van der Waals surface area contributed by atoms with E-state index in [1.807, 2.05) is 13.8 Å². The summed E-state index contributed by atoms with van der Waals surface area (Å²) in [7, 11) is 0. The lowest BCUT2D eigenvalue weighted by Crippen LogP contribution is -2.32. The molecule has 1 amide bonds. The van der Waals surface area contributed by atoms with E-state index < -0.39 is 4.75 Å². The van der Waals surface area contributed by atoms with Gasteiger partial charge in [-0.15, -0.1) is 0 Å². The largest absolute Gasteiger partial charge is 0.298 e. The number of nitriles is 1. The number of likely N-dealkylation sites (tertiary alicyclic amines) is 1. The maximum absolute atomic E-state index is 11.4. The van der Waals surface area contributed by atoms with Gasteiger partial charge in [-0.05, 0) is 19.8 Å². The first-order valence-electron chi connectivity index (χ1n) is 4.97. The van der Waals surface area contributed by atoms with Crippen molar-refractivity contribution in [3.8, 4) is 6.07 Å². The molecule has 1 fully saturated rings. The fourth-order valence-electron chi connectivity index (χ4n) is 1.26. The molecular formula is C10H14N2OS2. The van der Waals surface area contributed by atoms with E-state index in [2.05, 4.69) is 6.07 Å². The predicted molar refractivity (Wildman–Crippen MR) is 65.4 cm³/mol. The van der Waals surface area contributed by atoms with Gasteiger partial charge in [0.2, 0.25) is 5.91 Å². The molecule has 1 heterocycles. The molecule has 0 aromatic carbocycles. The van der Waals surface area contributed by atoms with Gasteiger partial charge in [0.1, 0.15) is 9.07 Å². The summed E-state index contributed by atoms with van der Waals surface area (Å²) in [5.41, 5.74) is 0. The lowest BCUT2D eigenvalue weighted by atomic mass is 10.1. The van der Waals surface area contributed by atoms with Gasteiger partial charge in [-0.1, -0.05) is 30.9 Å². The van der Waals surface area contributed by atoms with Crippen LogP contribution in [-0.2, 0) is 4.79 Å². The quantitative estimate of drug-likeness (QED) is 0.697. The second-order valence-electron chi connectivity index (χ2n) is 3.71. The third-order valence-corrected chi connectivity index (χ3v) is 4.21. The molecule has 1 saturated heterocycles. The lowest BCUT2D eigenvalue weighted by Gasteiger charge is -2.23. The molecule has 0 saturated carbocycles. The van der Waals surface area contributed by atoms with Crippen molar-refractivity contribution in [2.24, 2.45) is 0 Å². The van der Waals surface area contributed by atoms with Gasteiger partial charge in [0, 0.05) is 13.0 Å². The summed E-state index contributed by atoms with van der Waals surface area (Å²) in [6.07, 6.45) is 2.17. The molecule has 0 aromatic rings. The molecule has 1 atom stereocenters. The minimum absolute atomic E-state index is 0.0869. The summed E-state index contributed by atoms with van der Waals surface area (Å²) >= 11 is 6.51. The zero-order chi connectivity index (χ0) is 11.5. The van der Waals surface area contributed by atoms with E-state index in [0.29, 0.717) is 17.3 Å². The number of hydrogen-bond acceptors (Lipinski definition) is 4. The minimum Gasteiger partial charge on any atom is -0.298 e. The molecule has 0 aromatic heterocycles. The van der Waals surface area contributed by atoms with Gasteiger partial charge in [0.05, 0.1) is 6.07 Å². The van der Waals surface area contributed by atoms with E-state index in [9.17, 15) is 4.79 Å². The van der Waals surface area contributed by atoms with Crippen molar-refractivity contribution in [3.05, 3.63) is 0 Å². The summed E-state index contributed by atoms with van der Waals surface area (Å²) in [6.45, 7) is 4.50. The number of carbonyl (C=O) groups excluding carboxylic acids is 1. The molecule has 1 aliphatic heterocycles. The number of rotatable bonds is 2. The van der Waals surface area contributed by atoms with E-state index >= 15 is 0 Å². The maximum atomic E-state index is 11.4. The van der Waals surface area contributed by atoms with Crippen molar-refractivity contribution in [3.63, 3.8) is 0 Å². The van der Waals surface area contributed by atoms with E-state index in [1.165, 1.54) is 11.8 Å². The molecular weight excluding hydrogens is 228 g/mol. The normalized spacial score (nSPS) is 19.8. The van der Waals surface area contributed by atoms with Crippen LogP contribution in [-0.4, -0.2) is 26.4 Å². The Balaban J connectivity index is 2.63. The van der Waals surface area contributed by atoms with Gasteiger partial charge in [0.25, 0.3) is 0 Å². The van der Waals surface area contributed by atoms with Crippen LogP contribution in [0.25, 0.3) is 0 Å². The number of hydrogen-bond donors (Lipinski definition) is 0. The fourth-order valence-corrected chi connectivity index (χ4v) is 2.89. The Morgan fingerprint density at radius 2 is 2.47 bits per heavy atom. The molecule has 0 aliphatic carbocycles. The van der Waals surface area contributed by atoms with Crippen LogP contribution in [0, 0.1) is 11.3 Å². The summed E-state index contributed by atoms with van der Waals surface area (Å²) in [5.74, 6) is 0.0869. The summed E-state index contributed by atoms with van der Waals surface area (Å²) < 4.78 is 0.0309. The van der Waals surface area contributed by atoms with E-state index in [0.717, 1.165) is 12.8 Å². The second-order valence-corrected chi connectivity index (χ2v) is 5.85. The van der Waals surface area contributed by atoms with Gasteiger partial charge in [-0.25, -0.2) is 0 Å². The molecule has 1 rings (SSSR count). The Labute approximate surface area is 99.8 Å². The van der Waals surface area contributed by atoms with Gasteiger partial charge in [-0.3, -0.25) is 9.69 Å². The first-order valence-corrected chi connectivity index (χ1v) is 6.19. The average Bonchev–Trinajstić information content (AvgIpc) is 2.64. The molecule has 1 unspecified atom stereocenters. The SMILES string of the molecule is CCC(C)(C#N)SC(=S)N1CCCC1=O. The first-order chi connectivity index (χ1) is 7.02. The second kappa shape index (κ2) is 4.95. The third-order valence-electron chi connectivity index (χ3n) is 2.52. The van der Waals surface area contributed by atoms with Crippen LogP contribution in [0.15, 0.2) is 0 Å². The van der Waals surface area contributed by atoms with Crippen LogP contribution in [0.2, 0.25) is 0 Å². The average molecular weight is 242 g/mol. The number of amides is 1. The van der Waals surface area contributed by atoms with Crippen molar-refractivity contribution < 1.29 is 4.79 Å². The van der Waals surface area contributed by atoms with Gasteiger partial charge in [-0.2, -0.15) is 5.26 Å². The zero-order valence-corrected chi connectivity index (χ0v) is 10.6. The molecule has 0 radical (unpaired) electrons. The van der Waals surface area contributed by atoms with Crippen molar-refractivity contribution in [2.45, 2.75) is 37.9 Å². The molecule has 0 N–H and O–H groups in total. The Kier molecular flexibility index (Phi) is 4.12. The van der Waals surface area contributed by atoms with Crippen LogP contribution in [0.3, 0.4) is 0 Å². The molecule has 1 aliphatic rings. The summed E-state index contributed by atoms with van der Waals surface area (Å²) in [5, 5.41) is 9.01. The lowest BCUT2D eigenvalue weighted by molar-refractivity contribution is -0.124. The Bertz CT molecular complexity index is 324. The van der Waals surface area contributed by atoms with Gasteiger partial charge in [0.15, 0.2) is 0 Å². The number of thiocarbonyl (C=S) groups is 1. The monoisotopic (exact) mass is 242 g/mol. The van der Waals surface area contributed by atoms with Crippen molar-refractivity contribution in [2.75, 3.05) is 6.54 Å². The topological polar surface area (TPSA) is 44.1 Å². The minimum atomic E-state index is -0.514. The Morgan fingerprint density at radius 3 is 2.87 bits per heavy atom. The number of nitrogens with zero attached hydrogens (tertiary/aromatic N) is 2. The van der Waals surface area contributed by atoms with Crippen LogP contribution in [0.4, 0.5) is 0 Å². The highest BCUT2D eigenvalue weighted by atomic mass is 32.2. The highest BCUT2D eigenvalue weighted by molar-refractivity contribution is 8.24. The van der Waals surface area contributed by atoms with E-state index in [4.69, 9.17) is 17.5 Å². The predicted octanol–water partition coefficient (Wildman–Crippen LogP) is 2.32. The number of carbonyl (C=O) groups is 1. The standard InChI is InChI=1S/C10H14N2OS2/c1-3-10(2,7-11)15-9(14)12-6-4-5-8(12)13/h3-6H2,1-2H3. The van der Waals surface area contributed by atoms with E-state index in [-0.39, 0.29) is 5.91 Å². The molecule has 15 heavy (non-hydrogen) atoms. The highest BCUT2D eigenvalue weighted by Gasteiger charge is 2.30. The smallest absolute Gasteiger partial charge is 0.228 e. The van der Waals surface area contributed by atoms with E-state index in [1.54, 1.807) is 4.90 Å². The van der Waals surface area contributed by atoms with Crippen LogP contribution in [0.1, 0.15) is 33.1 Å². The molecule has 5 heteroatoms. The third kappa shape index (κ3) is 2.93. The summed E-state index contributed by atoms with van der Waals surface area (Å²) in [4.78, 5) is 13.0. The zero-order valence-electron chi connectivity index (χ0n) is 8.95. The van der Waals surface area contributed by atoms with Crippen molar-refractivity contribution in [1.82, 2.24) is 4.90 Å². The van der Waals surface area contributed by atoms with Crippen molar-refractivity contribution in [1.29, 1.82) is 5.26 Å². The highest BCUT2D eigenvalue weighted by Crippen LogP contribution is 2.31. The molecule has 0 bridgehead atoms. The number of thioether (sulfide) groups is 1. The maximum Gasteiger partial charge on any atom is 0.228 e. The van der Waals surface area contributed by atoms with Gasteiger partial charge < -0.3 is 0 Å². The molecule has 3 nitrogen and oxygen atoms in total. The van der Waals surface area contributed by atoms with Crippen LogP contribution < -0.4 is 0 Å². The van der Waals surface area contributed by atoms with Crippen LogP contribution >= 0.6 is 24.0 Å². The molecule has 0 spiro atoms. The molecule has 82 valence electrons. The Hall–Kier alpha value is -0.600. The summed E-state index contributed by atoms with van der Waals surface area (Å²) in [6, 6.07) is 2.23. The fraction of sp³-hybridized carbons (Fsp3) is 0.700. The Morgan fingerprint density at radius 1 is 1.80 bits per heavy atom. The van der Waals surface area contributed by atoms with Crippen LogP contribution in [0.5, 0.6) is 0 Å². The van der Waals surface area contributed by atoms with Crippen molar-refractivity contribution >= 4 is 34.2 Å². The first kappa shape index (κ1) is 12.5.